The van der Waals surface area contributed by atoms with Crippen LogP contribution >= 0.6 is 11.6 Å². The lowest BCUT2D eigenvalue weighted by Crippen LogP contribution is -2.26. The summed E-state index contributed by atoms with van der Waals surface area (Å²) in [5.74, 6) is 1.05. The van der Waals surface area contributed by atoms with Crippen LogP contribution in [-0.4, -0.2) is 25.9 Å². The number of hydrogen-bond acceptors (Lipinski definition) is 5. The number of nitro benzene ring substituents is 1. The maximum Gasteiger partial charge on any atom is 0.350 e. The minimum atomic E-state index is -0.474. The molecule has 26 heavy (non-hydrogen) atoms. The van der Waals surface area contributed by atoms with Crippen molar-refractivity contribution >= 4 is 17.3 Å². The van der Waals surface area contributed by atoms with Crippen LogP contribution in [0.5, 0.6) is 5.75 Å². The van der Waals surface area contributed by atoms with Crippen molar-refractivity contribution < 1.29 is 9.66 Å². The number of aromatic nitrogens is 3. The molecule has 0 radical (unpaired) electrons. The lowest BCUT2D eigenvalue weighted by molar-refractivity contribution is -0.384. The van der Waals surface area contributed by atoms with Gasteiger partial charge in [-0.3, -0.25) is 14.7 Å². The molecule has 0 spiro atoms. The fourth-order valence-corrected chi connectivity index (χ4v) is 2.55. The highest BCUT2D eigenvalue weighted by atomic mass is 35.5. The van der Waals surface area contributed by atoms with Gasteiger partial charge in [0.25, 0.3) is 5.69 Å². The van der Waals surface area contributed by atoms with E-state index in [1.54, 1.807) is 31.2 Å². The molecule has 3 aromatic rings. The SMILES string of the molecule is Cc1nn(-c2ccc(Cl)cc2)c(=O)n1CCOc1ccc([N+](=O)[O-])cc1. The van der Waals surface area contributed by atoms with Crippen LogP contribution in [0.25, 0.3) is 5.69 Å². The molecule has 0 fully saturated rings. The van der Waals surface area contributed by atoms with Crippen LogP contribution in [0, 0.1) is 17.0 Å². The van der Waals surface area contributed by atoms with Crippen molar-refractivity contribution in [1.29, 1.82) is 0 Å². The number of hydrogen-bond donors (Lipinski definition) is 0. The summed E-state index contributed by atoms with van der Waals surface area (Å²) in [5, 5.41) is 15.5. The number of nitro groups is 1. The topological polar surface area (TPSA) is 92.2 Å². The number of non-ortho nitro benzene ring substituents is 1. The second-order valence-electron chi connectivity index (χ2n) is 5.47. The molecule has 3 rings (SSSR count). The number of nitrogens with zero attached hydrogens (tertiary/aromatic N) is 4. The molecule has 0 atom stereocenters. The third-order valence-electron chi connectivity index (χ3n) is 3.75. The van der Waals surface area contributed by atoms with Gasteiger partial charge in [0.2, 0.25) is 0 Å². The predicted molar refractivity (Wildman–Crippen MR) is 96.2 cm³/mol. The maximum absolute atomic E-state index is 12.5. The van der Waals surface area contributed by atoms with E-state index in [0.29, 0.717) is 28.8 Å². The Labute approximate surface area is 153 Å². The fraction of sp³-hybridized carbons (Fsp3) is 0.176. The molecule has 9 heteroatoms. The summed E-state index contributed by atoms with van der Waals surface area (Å²) in [7, 11) is 0. The summed E-state index contributed by atoms with van der Waals surface area (Å²) in [6, 6.07) is 12.6. The first-order valence-corrected chi connectivity index (χ1v) is 8.13. The minimum Gasteiger partial charge on any atom is -0.492 e. The van der Waals surface area contributed by atoms with Gasteiger partial charge in [0.15, 0.2) is 0 Å². The fourth-order valence-electron chi connectivity index (χ4n) is 2.42. The van der Waals surface area contributed by atoms with Crippen molar-refractivity contribution in [1.82, 2.24) is 14.3 Å². The van der Waals surface area contributed by atoms with E-state index in [4.69, 9.17) is 16.3 Å². The third kappa shape index (κ3) is 3.75. The average molecular weight is 375 g/mol. The van der Waals surface area contributed by atoms with Crippen molar-refractivity contribution in [2.45, 2.75) is 13.5 Å². The summed E-state index contributed by atoms with van der Waals surface area (Å²) in [5.41, 5.74) is 0.336. The molecule has 0 amide bonds. The van der Waals surface area contributed by atoms with Crippen molar-refractivity contribution in [3.63, 3.8) is 0 Å². The standard InChI is InChI=1S/C17H15ClN4O4/c1-12-19-21(14-4-2-13(18)3-5-14)17(23)20(12)10-11-26-16-8-6-15(7-9-16)22(24)25/h2-9H,10-11H2,1H3. The highest BCUT2D eigenvalue weighted by Crippen LogP contribution is 2.17. The lowest BCUT2D eigenvalue weighted by atomic mass is 10.3. The van der Waals surface area contributed by atoms with E-state index < -0.39 is 4.92 Å². The zero-order chi connectivity index (χ0) is 18.7. The largest absolute Gasteiger partial charge is 0.492 e. The van der Waals surface area contributed by atoms with Crippen molar-refractivity contribution in [2.75, 3.05) is 6.61 Å². The minimum absolute atomic E-state index is 0.00588. The molecule has 134 valence electrons. The summed E-state index contributed by atoms with van der Waals surface area (Å²) in [4.78, 5) is 22.7. The molecule has 0 bridgehead atoms. The molecule has 0 N–H and O–H groups in total. The van der Waals surface area contributed by atoms with Gasteiger partial charge >= 0.3 is 5.69 Å². The maximum atomic E-state index is 12.5. The smallest absolute Gasteiger partial charge is 0.350 e. The normalized spacial score (nSPS) is 10.7. The van der Waals surface area contributed by atoms with E-state index in [1.807, 2.05) is 0 Å². The van der Waals surface area contributed by atoms with Crippen LogP contribution in [0.1, 0.15) is 5.82 Å². The molecule has 0 unspecified atom stereocenters. The van der Waals surface area contributed by atoms with Gasteiger partial charge in [-0.1, -0.05) is 11.6 Å². The van der Waals surface area contributed by atoms with E-state index in [0.717, 1.165) is 0 Å². The van der Waals surface area contributed by atoms with E-state index >= 15 is 0 Å². The number of aryl methyl sites for hydroxylation is 1. The Bertz CT molecular complexity index is 977. The molecular formula is C17H15ClN4O4. The Hall–Kier alpha value is -3.13. The summed E-state index contributed by atoms with van der Waals surface area (Å²) < 4.78 is 8.35. The molecule has 2 aromatic carbocycles. The van der Waals surface area contributed by atoms with E-state index in [-0.39, 0.29) is 18.0 Å². The van der Waals surface area contributed by atoms with E-state index in [9.17, 15) is 14.9 Å². The van der Waals surface area contributed by atoms with Gasteiger partial charge in [0.05, 0.1) is 17.2 Å². The third-order valence-corrected chi connectivity index (χ3v) is 4.00. The number of benzene rings is 2. The first kappa shape index (κ1) is 17.7. The van der Waals surface area contributed by atoms with Gasteiger partial charge < -0.3 is 4.74 Å². The summed E-state index contributed by atoms with van der Waals surface area (Å²) in [6.45, 7) is 2.26. The second-order valence-corrected chi connectivity index (χ2v) is 5.91. The quantitative estimate of drug-likeness (QED) is 0.488. The second kappa shape index (κ2) is 7.40. The Kier molecular flexibility index (Phi) is 5.04. The van der Waals surface area contributed by atoms with Gasteiger partial charge in [-0.05, 0) is 43.3 Å². The van der Waals surface area contributed by atoms with Crippen LogP contribution in [0.3, 0.4) is 0 Å². The molecule has 0 aliphatic rings. The number of rotatable bonds is 6. The van der Waals surface area contributed by atoms with Crippen molar-refractivity contribution in [2.24, 2.45) is 0 Å². The molecule has 0 aliphatic carbocycles. The summed E-state index contributed by atoms with van der Waals surface area (Å²) >= 11 is 5.86. The molecule has 0 saturated heterocycles. The van der Waals surface area contributed by atoms with Gasteiger partial charge in [0, 0.05) is 17.2 Å². The van der Waals surface area contributed by atoms with E-state index in [2.05, 4.69) is 5.10 Å². The number of halogens is 1. The first-order valence-electron chi connectivity index (χ1n) is 7.75. The molecular weight excluding hydrogens is 360 g/mol. The molecule has 1 aromatic heterocycles. The Morgan fingerprint density at radius 1 is 1.15 bits per heavy atom. The van der Waals surface area contributed by atoms with E-state index in [1.165, 1.54) is 33.5 Å². The van der Waals surface area contributed by atoms with Crippen LogP contribution in [0.2, 0.25) is 5.02 Å². The monoisotopic (exact) mass is 374 g/mol. The Morgan fingerprint density at radius 3 is 2.42 bits per heavy atom. The van der Waals surface area contributed by atoms with Gasteiger partial charge in [0.1, 0.15) is 18.2 Å². The molecule has 0 aliphatic heterocycles. The predicted octanol–water partition coefficient (Wildman–Crippen LogP) is 2.98. The van der Waals surface area contributed by atoms with Gasteiger partial charge in [-0.15, -0.1) is 0 Å². The molecule has 1 heterocycles. The summed E-state index contributed by atoms with van der Waals surface area (Å²) in [6.07, 6.45) is 0. The van der Waals surface area contributed by atoms with Crippen molar-refractivity contribution in [3.8, 4) is 11.4 Å². The van der Waals surface area contributed by atoms with Gasteiger partial charge in [-0.25, -0.2) is 4.79 Å². The molecule has 0 saturated carbocycles. The average Bonchev–Trinajstić information content (AvgIpc) is 2.91. The van der Waals surface area contributed by atoms with Crippen LogP contribution < -0.4 is 10.4 Å². The zero-order valence-corrected chi connectivity index (χ0v) is 14.6. The van der Waals surface area contributed by atoms with Crippen LogP contribution in [0.4, 0.5) is 5.69 Å². The lowest BCUT2D eigenvalue weighted by Gasteiger charge is -2.06. The Morgan fingerprint density at radius 2 is 1.81 bits per heavy atom. The molecule has 8 nitrogen and oxygen atoms in total. The first-order chi connectivity index (χ1) is 12.5. The number of ether oxygens (including phenoxy) is 1. The zero-order valence-electron chi connectivity index (χ0n) is 13.8. The van der Waals surface area contributed by atoms with Crippen LogP contribution in [-0.2, 0) is 6.54 Å². The van der Waals surface area contributed by atoms with Gasteiger partial charge in [-0.2, -0.15) is 9.78 Å². The highest BCUT2D eigenvalue weighted by Gasteiger charge is 2.12. The van der Waals surface area contributed by atoms with Crippen LogP contribution in [0.15, 0.2) is 53.3 Å². The Balaban J connectivity index is 1.69. The highest BCUT2D eigenvalue weighted by molar-refractivity contribution is 6.30. The van der Waals surface area contributed by atoms with Crippen molar-refractivity contribution in [3.05, 3.63) is 80.0 Å².